The molecule has 3 aromatic rings. The van der Waals surface area contributed by atoms with Crippen LogP contribution in [0.25, 0.3) is 11.1 Å². The summed E-state index contributed by atoms with van der Waals surface area (Å²) in [4.78, 5) is 24.0. The van der Waals surface area contributed by atoms with Crippen molar-refractivity contribution in [1.29, 1.82) is 0 Å². The molecular formula is C38H49NO6. The number of rotatable bonds is 22. The molecule has 0 heterocycles. The van der Waals surface area contributed by atoms with Crippen molar-refractivity contribution < 1.29 is 23.9 Å². The van der Waals surface area contributed by atoms with Crippen LogP contribution in [0.5, 0.6) is 17.2 Å². The SMILES string of the molecule is C=CCCCCCCCCCOc1ccc(-c2ccc(OC(=O)c3ccc(OC(C)CCCCCC)c([N+](=O)[O-])c3)cc2)cc1. The fourth-order valence-corrected chi connectivity index (χ4v) is 5.11. The van der Waals surface area contributed by atoms with Crippen molar-refractivity contribution in [3.8, 4) is 28.4 Å². The van der Waals surface area contributed by atoms with Gasteiger partial charge in [-0.2, -0.15) is 0 Å². The average Bonchev–Trinajstić information content (AvgIpc) is 3.04. The van der Waals surface area contributed by atoms with Gasteiger partial charge in [0, 0.05) is 6.07 Å². The molecule has 0 N–H and O–H groups in total. The lowest BCUT2D eigenvalue weighted by molar-refractivity contribution is -0.386. The first kappa shape index (κ1) is 35.4. The summed E-state index contributed by atoms with van der Waals surface area (Å²) in [6, 6.07) is 19.3. The second kappa shape index (κ2) is 20.0. The van der Waals surface area contributed by atoms with Crippen LogP contribution in [0.3, 0.4) is 0 Å². The fourth-order valence-electron chi connectivity index (χ4n) is 5.11. The summed E-state index contributed by atoms with van der Waals surface area (Å²) in [5.41, 5.74) is 1.82. The molecule has 0 fully saturated rings. The summed E-state index contributed by atoms with van der Waals surface area (Å²) in [5.74, 6) is 0.682. The number of hydrogen-bond acceptors (Lipinski definition) is 6. The Morgan fingerprint density at radius 3 is 2.04 bits per heavy atom. The Labute approximate surface area is 268 Å². The van der Waals surface area contributed by atoms with E-state index in [9.17, 15) is 14.9 Å². The zero-order valence-electron chi connectivity index (χ0n) is 27.0. The maximum absolute atomic E-state index is 12.8. The van der Waals surface area contributed by atoms with E-state index in [2.05, 4.69) is 13.5 Å². The quantitative estimate of drug-likeness (QED) is 0.0279. The van der Waals surface area contributed by atoms with Gasteiger partial charge in [0.15, 0.2) is 5.75 Å². The van der Waals surface area contributed by atoms with Gasteiger partial charge in [-0.15, -0.1) is 6.58 Å². The van der Waals surface area contributed by atoms with Crippen LogP contribution in [0.4, 0.5) is 5.69 Å². The molecule has 3 aromatic carbocycles. The molecular weight excluding hydrogens is 566 g/mol. The summed E-state index contributed by atoms with van der Waals surface area (Å²) in [6.07, 6.45) is 16.8. The zero-order valence-corrected chi connectivity index (χ0v) is 27.0. The largest absolute Gasteiger partial charge is 0.494 e. The smallest absolute Gasteiger partial charge is 0.343 e. The predicted octanol–water partition coefficient (Wildman–Crippen LogP) is 10.9. The van der Waals surface area contributed by atoms with Gasteiger partial charge in [-0.1, -0.05) is 88.6 Å². The number of ether oxygens (including phenoxy) is 3. The molecule has 7 heteroatoms. The summed E-state index contributed by atoms with van der Waals surface area (Å²) in [6.45, 7) is 8.54. The minimum absolute atomic E-state index is 0.0866. The Balaban J connectivity index is 1.46. The molecule has 0 amide bonds. The maximum Gasteiger partial charge on any atom is 0.343 e. The van der Waals surface area contributed by atoms with E-state index in [0.29, 0.717) is 12.4 Å². The van der Waals surface area contributed by atoms with Crippen LogP contribution >= 0.6 is 0 Å². The highest BCUT2D eigenvalue weighted by Gasteiger charge is 2.21. The fraction of sp³-hybridized carbons (Fsp3) is 0.447. The second-order valence-electron chi connectivity index (χ2n) is 11.6. The van der Waals surface area contributed by atoms with E-state index < -0.39 is 10.9 Å². The van der Waals surface area contributed by atoms with Crippen LogP contribution in [0.15, 0.2) is 79.4 Å². The molecule has 0 radical (unpaired) electrons. The van der Waals surface area contributed by atoms with Gasteiger partial charge in [-0.3, -0.25) is 10.1 Å². The number of esters is 1. The van der Waals surface area contributed by atoms with Crippen molar-refractivity contribution in [2.45, 2.75) is 103 Å². The lowest BCUT2D eigenvalue weighted by Crippen LogP contribution is -2.14. The van der Waals surface area contributed by atoms with E-state index in [4.69, 9.17) is 14.2 Å². The normalized spacial score (nSPS) is 11.5. The van der Waals surface area contributed by atoms with Crippen molar-refractivity contribution in [2.75, 3.05) is 6.61 Å². The van der Waals surface area contributed by atoms with Crippen molar-refractivity contribution in [2.24, 2.45) is 0 Å². The molecule has 242 valence electrons. The summed E-state index contributed by atoms with van der Waals surface area (Å²) >= 11 is 0. The maximum atomic E-state index is 12.8. The monoisotopic (exact) mass is 615 g/mol. The summed E-state index contributed by atoms with van der Waals surface area (Å²) in [7, 11) is 0. The number of allylic oxidation sites excluding steroid dienone is 1. The third kappa shape index (κ3) is 12.8. The van der Waals surface area contributed by atoms with Gasteiger partial charge in [-0.25, -0.2) is 4.79 Å². The van der Waals surface area contributed by atoms with E-state index in [1.54, 1.807) is 12.1 Å². The lowest BCUT2D eigenvalue weighted by Gasteiger charge is -2.15. The van der Waals surface area contributed by atoms with Crippen LogP contribution in [-0.2, 0) is 0 Å². The first-order valence-electron chi connectivity index (χ1n) is 16.5. The van der Waals surface area contributed by atoms with E-state index in [1.807, 2.05) is 49.4 Å². The van der Waals surface area contributed by atoms with Gasteiger partial charge in [-0.05, 0) is 86.6 Å². The molecule has 0 spiro atoms. The van der Waals surface area contributed by atoms with E-state index in [-0.39, 0.29) is 23.1 Å². The number of benzene rings is 3. The number of carbonyl (C=O) groups is 1. The summed E-state index contributed by atoms with van der Waals surface area (Å²) in [5, 5.41) is 11.7. The van der Waals surface area contributed by atoms with Crippen LogP contribution in [0, 0.1) is 10.1 Å². The molecule has 0 aliphatic carbocycles. The van der Waals surface area contributed by atoms with Gasteiger partial charge in [0.25, 0.3) is 0 Å². The molecule has 7 nitrogen and oxygen atoms in total. The van der Waals surface area contributed by atoms with Crippen LogP contribution in [0.1, 0.15) is 108 Å². The molecule has 3 rings (SSSR count). The van der Waals surface area contributed by atoms with Crippen LogP contribution < -0.4 is 14.2 Å². The number of nitro benzene ring substituents is 1. The Kier molecular flexibility index (Phi) is 15.7. The molecule has 0 bridgehead atoms. The van der Waals surface area contributed by atoms with E-state index in [0.717, 1.165) is 61.8 Å². The third-order valence-electron chi connectivity index (χ3n) is 7.76. The molecule has 0 aliphatic rings. The first-order chi connectivity index (χ1) is 21.9. The minimum Gasteiger partial charge on any atom is -0.494 e. The Bertz CT molecular complexity index is 1320. The molecule has 0 aromatic heterocycles. The zero-order chi connectivity index (χ0) is 32.3. The van der Waals surface area contributed by atoms with Gasteiger partial charge >= 0.3 is 11.7 Å². The predicted molar refractivity (Wildman–Crippen MR) is 181 cm³/mol. The van der Waals surface area contributed by atoms with Crippen LogP contribution in [0.2, 0.25) is 0 Å². The molecule has 0 saturated heterocycles. The van der Waals surface area contributed by atoms with Gasteiger partial charge in [0.1, 0.15) is 11.5 Å². The molecule has 1 atom stereocenters. The topological polar surface area (TPSA) is 87.9 Å². The average molecular weight is 616 g/mol. The molecule has 1 unspecified atom stereocenters. The summed E-state index contributed by atoms with van der Waals surface area (Å²) < 4.78 is 17.3. The lowest BCUT2D eigenvalue weighted by atomic mass is 10.1. The van der Waals surface area contributed by atoms with Gasteiger partial charge in [0.05, 0.1) is 23.2 Å². The Morgan fingerprint density at radius 1 is 0.822 bits per heavy atom. The van der Waals surface area contributed by atoms with Gasteiger partial charge < -0.3 is 14.2 Å². The van der Waals surface area contributed by atoms with Crippen molar-refractivity contribution in [3.05, 3.63) is 95.1 Å². The number of nitro groups is 1. The highest BCUT2D eigenvalue weighted by Crippen LogP contribution is 2.31. The molecule has 0 aliphatic heterocycles. The number of unbranched alkanes of at least 4 members (excludes halogenated alkanes) is 10. The van der Waals surface area contributed by atoms with Crippen molar-refractivity contribution >= 4 is 11.7 Å². The van der Waals surface area contributed by atoms with Crippen molar-refractivity contribution in [1.82, 2.24) is 0 Å². The first-order valence-corrected chi connectivity index (χ1v) is 16.5. The highest BCUT2D eigenvalue weighted by molar-refractivity contribution is 5.92. The standard InChI is InChI=1S/C38H49NO6/c1-4-6-8-10-11-12-13-14-16-28-43-34-23-18-31(19-24-34)32-20-25-35(26-21-32)45-38(40)33-22-27-37(36(29-33)39(41)42)44-30(3)17-15-9-7-5-2/h4,18-27,29-30H,1,5-17,28H2,2-3H3. The highest BCUT2D eigenvalue weighted by atomic mass is 16.6. The number of hydrogen-bond donors (Lipinski definition) is 0. The Morgan fingerprint density at radius 2 is 1.42 bits per heavy atom. The minimum atomic E-state index is -0.671. The van der Waals surface area contributed by atoms with Crippen molar-refractivity contribution in [3.63, 3.8) is 0 Å². The third-order valence-corrected chi connectivity index (χ3v) is 7.76. The second-order valence-corrected chi connectivity index (χ2v) is 11.6. The Hall–Kier alpha value is -4.13. The molecule has 45 heavy (non-hydrogen) atoms. The van der Waals surface area contributed by atoms with E-state index in [1.165, 1.54) is 56.7 Å². The number of nitrogens with zero attached hydrogens (tertiary/aromatic N) is 1. The number of carbonyl (C=O) groups excluding carboxylic acids is 1. The molecule has 0 saturated carbocycles. The van der Waals surface area contributed by atoms with E-state index >= 15 is 0 Å². The van der Waals surface area contributed by atoms with Gasteiger partial charge in [0.2, 0.25) is 0 Å². The van der Waals surface area contributed by atoms with Crippen LogP contribution in [-0.4, -0.2) is 23.6 Å².